The van der Waals surface area contributed by atoms with Crippen LogP contribution in [0, 0.1) is 33.6 Å². The number of benzene rings is 1. The Balaban J connectivity index is 1.65. The number of hydrogen-bond donors (Lipinski definition) is 0. The summed E-state index contributed by atoms with van der Waals surface area (Å²) in [5, 5.41) is 0. The smallest absolute Gasteiger partial charge is 0.309 e. The fraction of sp³-hybridized carbons (Fsp3) is 0.667. The molecular weight excluding hydrogens is 378 g/mol. The number of carbonyl (C=O) groups is 1. The summed E-state index contributed by atoms with van der Waals surface area (Å²) in [5.41, 5.74) is 3.57. The van der Waals surface area contributed by atoms with E-state index in [9.17, 15) is 13.2 Å². The molecule has 2 saturated heterocycles. The summed E-state index contributed by atoms with van der Waals surface area (Å²) in [7, 11) is -3.58. The Morgan fingerprint density at radius 3 is 2.25 bits per heavy atom. The molecule has 156 valence electrons. The molecule has 7 heteroatoms. The molecule has 1 aromatic carbocycles. The Morgan fingerprint density at radius 1 is 1.11 bits per heavy atom. The molecular formula is C21H31NO5S. The van der Waals surface area contributed by atoms with Gasteiger partial charge in [-0.15, -0.1) is 0 Å². The minimum atomic E-state index is -3.58. The molecule has 0 aliphatic carbocycles. The van der Waals surface area contributed by atoms with Crippen molar-refractivity contribution in [3.63, 3.8) is 0 Å². The van der Waals surface area contributed by atoms with E-state index in [-0.39, 0.29) is 18.0 Å². The normalized spacial score (nSPS) is 21.8. The maximum Gasteiger partial charge on any atom is 0.309 e. The van der Waals surface area contributed by atoms with Gasteiger partial charge in [0.15, 0.2) is 0 Å². The maximum atomic E-state index is 13.3. The second-order valence-electron chi connectivity index (χ2n) is 8.03. The summed E-state index contributed by atoms with van der Waals surface area (Å²) >= 11 is 0. The van der Waals surface area contributed by atoms with Gasteiger partial charge in [-0.2, -0.15) is 4.31 Å². The highest BCUT2D eigenvalue weighted by atomic mass is 32.2. The molecule has 1 aromatic rings. The number of aryl methyl sites for hydroxylation is 2. The largest absolute Gasteiger partial charge is 0.463 e. The zero-order valence-electron chi connectivity index (χ0n) is 17.3. The summed E-state index contributed by atoms with van der Waals surface area (Å²) < 4.78 is 39.0. The van der Waals surface area contributed by atoms with E-state index in [1.165, 1.54) is 4.31 Å². The van der Waals surface area contributed by atoms with Crippen molar-refractivity contribution in [3.05, 3.63) is 28.3 Å². The van der Waals surface area contributed by atoms with Gasteiger partial charge < -0.3 is 9.47 Å². The van der Waals surface area contributed by atoms with E-state index in [4.69, 9.17) is 9.47 Å². The Hall–Kier alpha value is -1.44. The second-order valence-corrected chi connectivity index (χ2v) is 9.91. The second kappa shape index (κ2) is 8.51. The zero-order chi connectivity index (χ0) is 20.5. The summed E-state index contributed by atoms with van der Waals surface area (Å²) in [6, 6.07) is 2.03. The van der Waals surface area contributed by atoms with E-state index in [0.29, 0.717) is 37.4 Å². The molecule has 0 spiro atoms. The lowest BCUT2D eigenvalue weighted by atomic mass is 9.98. The molecule has 0 unspecified atom stereocenters. The molecule has 6 nitrogen and oxygen atoms in total. The Morgan fingerprint density at radius 2 is 1.71 bits per heavy atom. The summed E-state index contributed by atoms with van der Waals surface area (Å²) in [5.74, 6) is -0.472. The van der Waals surface area contributed by atoms with Crippen molar-refractivity contribution in [2.24, 2.45) is 5.92 Å². The average molecular weight is 410 g/mol. The van der Waals surface area contributed by atoms with Gasteiger partial charge in [-0.25, -0.2) is 8.42 Å². The third-order valence-corrected chi connectivity index (χ3v) is 8.29. The number of nitrogens with zero attached hydrogens (tertiary/aromatic N) is 1. The van der Waals surface area contributed by atoms with Gasteiger partial charge in [0.05, 0.1) is 16.9 Å². The van der Waals surface area contributed by atoms with Gasteiger partial charge in [-0.3, -0.25) is 4.79 Å². The van der Waals surface area contributed by atoms with Crippen molar-refractivity contribution in [2.45, 2.75) is 64.4 Å². The Bertz CT molecular complexity index is 809. The lowest BCUT2D eigenvalue weighted by Gasteiger charge is -2.31. The Kier molecular flexibility index (Phi) is 6.47. The number of piperidine rings is 1. The number of ether oxygens (including phenoxy) is 2. The van der Waals surface area contributed by atoms with Crippen LogP contribution >= 0.6 is 0 Å². The van der Waals surface area contributed by atoms with Gasteiger partial charge in [0, 0.05) is 19.7 Å². The van der Waals surface area contributed by atoms with Crippen LogP contribution in [-0.2, 0) is 24.3 Å². The predicted octanol–water partition coefficient (Wildman–Crippen LogP) is 3.04. The molecule has 0 radical (unpaired) electrons. The molecule has 28 heavy (non-hydrogen) atoms. The molecule has 2 aliphatic rings. The Labute approximate surface area is 168 Å². The third kappa shape index (κ3) is 4.26. The van der Waals surface area contributed by atoms with Gasteiger partial charge in [-0.05, 0) is 75.6 Å². The van der Waals surface area contributed by atoms with Crippen molar-refractivity contribution in [1.29, 1.82) is 0 Å². The van der Waals surface area contributed by atoms with Gasteiger partial charge >= 0.3 is 5.97 Å². The molecule has 1 atom stereocenters. The first-order valence-corrected chi connectivity index (χ1v) is 11.5. The van der Waals surface area contributed by atoms with Crippen LogP contribution in [0.2, 0.25) is 0 Å². The number of esters is 1. The van der Waals surface area contributed by atoms with Crippen molar-refractivity contribution >= 4 is 16.0 Å². The third-order valence-electron chi connectivity index (χ3n) is 6.12. The molecule has 0 bridgehead atoms. The van der Waals surface area contributed by atoms with E-state index < -0.39 is 10.0 Å². The first-order valence-electron chi connectivity index (χ1n) is 10.1. The quantitative estimate of drug-likeness (QED) is 0.699. The number of hydrogen-bond acceptors (Lipinski definition) is 5. The van der Waals surface area contributed by atoms with Crippen LogP contribution < -0.4 is 0 Å². The molecule has 0 aromatic heterocycles. The van der Waals surface area contributed by atoms with Crippen LogP contribution in [0.1, 0.15) is 47.9 Å². The van der Waals surface area contributed by atoms with Gasteiger partial charge in [0.2, 0.25) is 10.0 Å². The predicted molar refractivity (Wildman–Crippen MR) is 107 cm³/mol. The van der Waals surface area contributed by atoms with Crippen molar-refractivity contribution in [2.75, 3.05) is 26.3 Å². The van der Waals surface area contributed by atoms with Crippen LogP contribution in [0.5, 0.6) is 0 Å². The van der Waals surface area contributed by atoms with Gasteiger partial charge in [0.1, 0.15) is 6.61 Å². The summed E-state index contributed by atoms with van der Waals surface area (Å²) in [6.07, 6.45) is 2.94. The molecule has 3 rings (SSSR count). The summed E-state index contributed by atoms with van der Waals surface area (Å²) in [6.45, 7) is 9.33. The van der Waals surface area contributed by atoms with E-state index in [1.54, 1.807) is 0 Å². The van der Waals surface area contributed by atoms with Crippen molar-refractivity contribution in [1.82, 2.24) is 4.31 Å². The van der Waals surface area contributed by atoms with Crippen molar-refractivity contribution in [3.8, 4) is 0 Å². The topological polar surface area (TPSA) is 72.9 Å². The van der Waals surface area contributed by atoms with E-state index in [0.717, 1.165) is 41.7 Å². The minimum Gasteiger partial charge on any atom is -0.463 e. The average Bonchev–Trinajstić information content (AvgIpc) is 3.18. The molecule has 2 aliphatic heterocycles. The van der Waals surface area contributed by atoms with E-state index in [1.807, 2.05) is 33.8 Å². The zero-order valence-corrected chi connectivity index (χ0v) is 18.1. The SMILES string of the molecule is Cc1cc(C)c(C)c(S(=O)(=O)N2CCC(C(=O)OC[C@H]3CCCO3)CC2)c1C. The monoisotopic (exact) mass is 409 g/mol. The summed E-state index contributed by atoms with van der Waals surface area (Å²) in [4.78, 5) is 12.8. The highest BCUT2D eigenvalue weighted by Gasteiger charge is 2.35. The van der Waals surface area contributed by atoms with E-state index >= 15 is 0 Å². The van der Waals surface area contributed by atoms with Crippen LogP contribution in [-0.4, -0.2) is 51.1 Å². The number of sulfonamides is 1. The molecule has 2 fully saturated rings. The molecule has 0 amide bonds. The first-order chi connectivity index (χ1) is 13.2. The van der Waals surface area contributed by atoms with Gasteiger partial charge in [-0.1, -0.05) is 6.07 Å². The molecule has 0 N–H and O–H groups in total. The molecule has 2 heterocycles. The standard InChI is InChI=1S/C21H31NO5S/c1-14-12-15(2)17(4)20(16(14)3)28(24,25)22-9-7-18(8-10-22)21(23)27-13-19-6-5-11-26-19/h12,18-19H,5-11,13H2,1-4H3/t19-/m1/s1. The number of rotatable bonds is 5. The lowest BCUT2D eigenvalue weighted by Crippen LogP contribution is -2.41. The molecule has 0 saturated carbocycles. The van der Waals surface area contributed by atoms with Crippen LogP contribution in [0.25, 0.3) is 0 Å². The van der Waals surface area contributed by atoms with Crippen molar-refractivity contribution < 1.29 is 22.7 Å². The highest BCUT2D eigenvalue weighted by Crippen LogP contribution is 2.31. The fourth-order valence-corrected chi connectivity index (χ4v) is 6.14. The van der Waals surface area contributed by atoms with Crippen LogP contribution in [0.4, 0.5) is 0 Å². The van der Waals surface area contributed by atoms with Crippen LogP contribution in [0.3, 0.4) is 0 Å². The van der Waals surface area contributed by atoms with Crippen LogP contribution in [0.15, 0.2) is 11.0 Å². The lowest BCUT2D eigenvalue weighted by molar-refractivity contribution is -0.153. The fourth-order valence-electron chi connectivity index (χ4n) is 4.10. The highest BCUT2D eigenvalue weighted by molar-refractivity contribution is 7.89. The first kappa shape index (κ1) is 21.3. The maximum absolute atomic E-state index is 13.3. The minimum absolute atomic E-state index is 0.0138. The number of carbonyl (C=O) groups excluding carboxylic acids is 1. The van der Waals surface area contributed by atoms with Gasteiger partial charge in [0.25, 0.3) is 0 Å². The van der Waals surface area contributed by atoms with E-state index in [2.05, 4.69) is 0 Å².